The van der Waals surface area contributed by atoms with Crippen LogP contribution in [0, 0.1) is 5.41 Å². The van der Waals surface area contributed by atoms with Crippen molar-refractivity contribution in [3.8, 4) is 0 Å². The van der Waals surface area contributed by atoms with Crippen LogP contribution in [0.4, 0.5) is 0 Å². The lowest BCUT2D eigenvalue weighted by molar-refractivity contribution is -0.0392. The van der Waals surface area contributed by atoms with E-state index in [1.807, 2.05) is 0 Å². The normalized spacial score (nSPS) is 25.5. The third-order valence-electron chi connectivity index (χ3n) is 3.15. The summed E-state index contributed by atoms with van der Waals surface area (Å²) in [5.74, 6) is 0. The van der Waals surface area contributed by atoms with E-state index >= 15 is 0 Å². The van der Waals surface area contributed by atoms with Gasteiger partial charge in [-0.3, -0.25) is 0 Å². The molecule has 0 saturated heterocycles. The summed E-state index contributed by atoms with van der Waals surface area (Å²) in [4.78, 5) is 0. The van der Waals surface area contributed by atoms with Gasteiger partial charge in [-0.05, 0) is 31.1 Å². The van der Waals surface area contributed by atoms with Gasteiger partial charge in [0.05, 0.1) is 6.10 Å². The standard InChI is InChI=1S/C9H18O/c1-3-8(10)9(4-2)6-5-7-9/h8,10H,3-7H2,1-2H3/t8-/m0/s1. The second kappa shape index (κ2) is 2.91. The molecule has 1 nitrogen and oxygen atoms in total. The topological polar surface area (TPSA) is 20.2 Å². The van der Waals surface area contributed by atoms with E-state index in [0.717, 1.165) is 12.8 Å². The number of hydrogen-bond donors (Lipinski definition) is 1. The largest absolute Gasteiger partial charge is 0.393 e. The van der Waals surface area contributed by atoms with E-state index < -0.39 is 0 Å². The predicted octanol–water partition coefficient (Wildman–Crippen LogP) is 2.34. The molecule has 1 N–H and O–H groups in total. The molecule has 1 aliphatic rings. The van der Waals surface area contributed by atoms with Gasteiger partial charge in [-0.15, -0.1) is 0 Å². The molecule has 0 heterocycles. The zero-order chi connectivity index (χ0) is 7.61. The molecular weight excluding hydrogens is 124 g/mol. The average Bonchev–Trinajstić information content (AvgIpc) is 1.86. The Labute approximate surface area is 63.4 Å². The van der Waals surface area contributed by atoms with Crippen molar-refractivity contribution in [1.82, 2.24) is 0 Å². The van der Waals surface area contributed by atoms with Crippen LogP contribution in [0.15, 0.2) is 0 Å². The number of aliphatic hydroxyl groups excluding tert-OH is 1. The van der Waals surface area contributed by atoms with Gasteiger partial charge < -0.3 is 5.11 Å². The highest BCUT2D eigenvalue weighted by Crippen LogP contribution is 2.47. The highest BCUT2D eigenvalue weighted by atomic mass is 16.3. The molecule has 1 atom stereocenters. The molecule has 0 radical (unpaired) electrons. The minimum absolute atomic E-state index is 0.0359. The molecule has 0 aliphatic heterocycles. The van der Waals surface area contributed by atoms with Gasteiger partial charge >= 0.3 is 0 Å². The highest BCUT2D eigenvalue weighted by molar-refractivity contribution is 4.91. The Morgan fingerprint density at radius 2 is 2.00 bits per heavy atom. The van der Waals surface area contributed by atoms with Crippen molar-refractivity contribution in [2.75, 3.05) is 0 Å². The molecule has 10 heavy (non-hydrogen) atoms. The van der Waals surface area contributed by atoms with E-state index in [9.17, 15) is 5.11 Å². The number of rotatable bonds is 3. The third-order valence-corrected chi connectivity index (χ3v) is 3.15. The molecule has 0 bridgehead atoms. The fourth-order valence-corrected chi connectivity index (χ4v) is 1.99. The molecule has 0 unspecified atom stereocenters. The predicted molar refractivity (Wildman–Crippen MR) is 42.9 cm³/mol. The summed E-state index contributed by atoms with van der Waals surface area (Å²) in [6.45, 7) is 4.26. The van der Waals surface area contributed by atoms with Crippen molar-refractivity contribution < 1.29 is 5.11 Å². The molecule has 0 aromatic carbocycles. The molecule has 1 heteroatoms. The van der Waals surface area contributed by atoms with Crippen molar-refractivity contribution >= 4 is 0 Å². The average molecular weight is 142 g/mol. The Hall–Kier alpha value is -0.0400. The van der Waals surface area contributed by atoms with Crippen LogP contribution in [0.2, 0.25) is 0 Å². The lowest BCUT2D eigenvalue weighted by Gasteiger charge is -2.44. The van der Waals surface area contributed by atoms with Gasteiger partial charge in [0.25, 0.3) is 0 Å². The molecule has 1 aliphatic carbocycles. The van der Waals surface area contributed by atoms with Gasteiger partial charge in [0.15, 0.2) is 0 Å². The van der Waals surface area contributed by atoms with Crippen LogP contribution in [0.1, 0.15) is 46.0 Å². The molecule has 0 aromatic heterocycles. The van der Waals surface area contributed by atoms with Crippen LogP contribution in [-0.2, 0) is 0 Å². The quantitative estimate of drug-likeness (QED) is 0.641. The molecular formula is C9H18O. The van der Waals surface area contributed by atoms with Crippen LogP contribution >= 0.6 is 0 Å². The molecule has 60 valence electrons. The maximum Gasteiger partial charge on any atom is 0.0593 e. The van der Waals surface area contributed by atoms with Crippen molar-refractivity contribution in [2.24, 2.45) is 5.41 Å². The summed E-state index contributed by atoms with van der Waals surface area (Å²) in [7, 11) is 0. The lowest BCUT2D eigenvalue weighted by Crippen LogP contribution is -2.40. The Balaban J connectivity index is 2.46. The minimum atomic E-state index is -0.0359. The summed E-state index contributed by atoms with van der Waals surface area (Å²) in [6, 6.07) is 0. The molecule has 1 fully saturated rings. The first-order valence-electron chi connectivity index (χ1n) is 4.43. The SMILES string of the molecule is CC[C@H](O)C1(CC)CCC1. The zero-order valence-corrected chi connectivity index (χ0v) is 7.06. The van der Waals surface area contributed by atoms with Crippen LogP contribution in [-0.4, -0.2) is 11.2 Å². The Bertz CT molecular complexity index is 99.8. The van der Waals surface area contributed by atoms with Crippen LogP contribution < -0.4 is 0 Å². The first kappa shape index (κ1) is 8.06. The fourth-order valence-electron chi connectivity index (χ4n) is 1.99. The first-order chi connectivity index (χ1) is 4.75. The molecule has 0 amide bonds. The van der Waals surface area contributed by atoms with Crippen molar-refractivity contribution in [3.63, 3.8) is 0 Å². The van der Waals surface area contributed by atoms with Crippen LogP contribution in [0.25, 0.3) is 0 Å². The minimum Gasteiger partial charge on any atom is -0.393 e. The Kier molecular flexibility index (Phi) is 2.35. The van der Waals surface area contributed by atoms with Crippen LogP contribution in [0.5, 0.6) is 0 Å². The zero-order valence-electron chi connectivity index (χ0n) is 7.06. The molecule has 0 aromatic rings. The Morgan fingerprint density at radius 3 is 2.10 bits per heavy atom. The summed E-state index contributed by atoms with van der Waals surface area (Å²) >= 11 is 0. The smallest absolute Gasteiger partial charge is 0.0593 e. The molecule has 1 rings (SSSR count). The van der Waals surface area contributed by atoms with Crippen molar-refractivity contribution in [3.05, 3.63) is 0 Å². The maximum atomic E-state index is 9.63. The van der Waals surface area contributed by atoms with E-state index in [1.54, 1.807) is 0 Å². The van der Waals surface area contributed by atoms with Crippen LogP contribution in [0.3, 0.4) is 0 Å². The summed E-state index contributed by atoms with van der Waals surface area (Å²) in [5.41, 5.74) is 0.328. The lowest BCUT2D eigenvalue weighted by atomic mass is 9.63. The van der Waals surface area contributed by atoms with Gasteiger partial charge in [-0.2, -0.15) is 0 Å². The second-order valence-corrected chi connectivity index (χ2v) is 3.49. The second-order valence-electron chi connectivity index (χ2n) is 3.49. The van der Waals surface area contributed by atoms with E-state index in [2.05, 4.69) is 13.8 Å². The van der Waals surface area contributed by atoms with Gasteiger partial charge in [0.1, 0.15) is 0 Å². The van der Waals surface area contributed by atoms with Gasteiger partial charge in [0.2, 0.25) is 0 Å². The number of hydrogen-bond acceptors (Lipinski definition) is 1. The molecule has 0 spiro atoms. The number of aliphatic hydroxyl groups is 1. The van der Waals surface area contributed by atoms with Crippen molar-refractivity contribution in [2.45, 2.75) is 52.1 Å². The van der Waals surface area contributed by atoms with Crippen molar-refractivity contribution in [1.29, 1.82) is 0 Å². The van der Waals surface area contributed by atoms with Gasteiger partial charge in [-0.1, -0.05) is 20.3 Å². The Morgan fingerprint density at radius 1 is 1.40 bits per heavy atom. The summed E-state index contributed by atoms with van der Waals surface area (Å²) in [5, 5.41) is 9.63. The highest BCUT2D eigenvalue weighted by Gasteiger charge is 2.40. The summed E-state index contributed by atoms with van der Waals surface area (Å²) < 4.78 is 0. The molecule has 1 saturated carbocycles. The summed E-state index contributed by atoms with van der Waals surface area (Å²) in [6.07, 6.45) is 5.86. The van der Waals surface area contributed by atoms with Gasteiger partial charge in [0, 0.05) is 0 Å². The van der Waals surface area contributed by atoms with E-state index in [-0.39, 0.29) is 6.10 Å². The first-order valence-corrected chi connectivity index (χ1v) is 4.43. The van der Waals surface area contributed by atoms with E-state index in [1.165, 1.54) is 19.3 Å². The third kappa shape index (κ3) is 1.07. The van der Waals surface area contributed by atoms with Gasteiger partial charge in [-0.25, -0.2) is 0 Å². The monoisotopic (exact) mass is 142 g/mol. The van der Waals surface area contributed by atoms with E-state index in [4.69, 9.17) is 0 Å². The fraction of sp³-hybridized carbons (Fsp3) is 1.00. The van der Waals surface area contributed by atoms with E-state index in [0.29, 0.717) is 5.41 Å². The maximum absolute atomic E-state index is 9.63.